The van der Waals surface area contributed by atoms with Crippen molar-refractivity contribution in [2.45, 2.75) is 19.6 Å². The van der Waals surface area contributed by atoms with E-state index in [1.54, 1.807) is 42.5 Å². The van der Waals surface area contributed by atoms with Gasteiger partial charge in [-0.25, -0.2) is 9.59 Å². The zero-order valence-corrected chi connectivity index (χ0v) is 15.4. The van der Waals surface area contributed by atoms with Crippen LogP contribution in [0.25, 0.3) is 6.08 Å². The monoisotopic (exact) mass is 392 g/mol. The average molecular weight is 393 g/mol. The first-order valence-corrected chi connectivity index (χ1v) is 8.40. The quantitative estimate of drug-likeness (QED) is 0.417. The summed E-state index contributed by atoms with van der Waals surface area (Å²) in [6.45, 7) is 2.99. The molecule has 1 aliphatic heterocycles. The number of hydrogen-bond donors (Lipinski definition) is 0. The van der Waals surface area contributed by atoms with Crippen LogP contribution in [0.2, 0.25) is 10.0 Å². The van der Waals surface area contributed by atoms with Gasteiger partial charge in [0, 0.05) is 18.9 Å². The fourth-order valence-corrected chi connectivity index (χ4v) is 2.71. The van der Waals surface area contributed by atoms with Gasteiger partial charge in [-0.1, -0.05) is 35.3 Å². The van der Waals surface area contributed by atoms with Gasteiger partial charge in [0.25, 0.3) is 5.79 Å². The molecule has 1 aliphatic rings. The van der Waals surface area contributed by atoms with Crippen LogP contribution in [0.15, 0.2) is 48.0 Å². The van der Waals surface area contributed by atoms with E-state index in [0.29, 0.717) is 27.1 Å². The van der Waals surface area contributed by atoms with E-state index in [1.807, 2.05) is 0 Å². The molecule has 2 aromatic carbocycles. The summed E-state index contributed by atoms with van der Waals surface area (Å²) in [6, 6.07) is 11.7. The largest absolute Gasteiger partial charge is 0.456 e. The number of esters is 2. The first-order chi connectivity index (χ1) is 12.2. The van der Waals surface area contributed by atoms with E-state index in [0.717, 1.165) is 0 Å². The van der Waals surface area contributed by atoms with Crippen LogP contribution in [-0.2, 0) is 19.1 Å². The predicted octanol–water partition coefficient (Wildman–Crippen LogP) is 5.01. The van der Waals surface area contributed by atoms with Gasteiger partial charge in [0.1, 0.15) is 17.1 Å². The van der Waals surface area contributed by atoms with Gasteiger partial charge >= 0.3 is 11.9 Å². The predicted molar refractivity (Wildman–Crippen MR) is 97.2 cm³/mol. The van der Waals surface area contributed by atoms with Gasteiger partial charge in [0.2, 0.25) is 0 Å². The van der Waals surface area contributed by atoms with Crippen molar-refractivity contribution in [3.05, 3.63) is 63.6 Å². The number of carbonyl (C=O) groups is 2. The molecule has 3 rings (SSSR count). The molecule has 0 amide bonds. The van der Waals surface area contributed by atoms with Crippen molar-refractivity contribution in [1.82, 2.24) is 0 Å². The Labute approximate surface area is 160 Å². The van der Waals surface area contributed by atoms with Gasteiger partial charge in [-0.3, -0.25) is 0 Å². The van der Waals surface area contributed by atoms with Gasteiger partial charge in [-0.2, -0.15) is 0 Å². The molecular weight excluding hydrogens is 379 g/mol. The number of rotatable bonds is 3. The molecule has 0 bridgehead atoms. The minimum atomic E-state index is -1.26. The summed E-state index contributed by atoms with van der Waals surface area (Å²) in [5.41, 5.74) is 0.446. The standard InChI is InChI=1S/C19H14Cl2O5/c1-19(2)25-17(22)14(18(23)26-19)9-11-3-6-13(7-4-11)24-16-8-5-12(20)10-15(16)21/h3-10H,1-2H3. The smallest absolute Gasteiger partial charge is 0.348 e. The lowest BCUT2D eigenvalue weighted by atomic mass is 10.1. The molecule has 1 heterocycles. The van der Waals surface area contributed by atoms with Crippen LogP contribution in [-0.4, -0.2) is 17.7 Å². The van der Waals surface area contributed by atoms with Crippen LogP contribution in [0.1, 0.15) is 19.4 Å². The molecule has 26 heavy (non-hydrogen) atoms. The molecule has 0 unspecified atom stereocenters. The summed E-state index contributed by atoms with van der Waals surface area (Å²) in [7, 11) is 0. The third-order valence-corrected chi connectivity index (χ3v) is 3.96. The third-order valence-electron chi connectivity index (χ3n) is 3.43. The summed E-state index contributed by atoms with van der Waals surface area (Å²) in [5.74, 6) is -1.71. The molecule has 0 aromatic heterocycles. The van der Waals surface area contributed by atoms with Crippen LogP contribution in [0.3, 0.4) is 0 Å². The normalized spacial score (nSPS) is 15.9. The van der Waals surface area contributed by atoms with Crippen molar-refractivity contribution < 1.29 is 23.8 Å². The topological polar surface area (TPSA) is 61.8 Å². The molecule has 2 aromatic rings. The van der Waals surface area contributed by atoms with Gasteiger partial charge in [0.15, 0.2) is 0 Å². The average Bonchev–Trinajstić information content (AvgIpc) is 2.54. The summed E-state index contributed by atoms with van der Waals surface area (Å²) in [6.07, 6.45) is 1.40. The van der Waals surface area contributed by atoms with Gasteiger partial charge < -0.3 is 14.2 Å². The molecule has 1 saturated heterocycles. The second-order valence-electron chi connectivity index (χ2n) is 5.98. The highest BCUT2D eigenvalue weighted by atomic mass is 35.5. The molecule has 1 fully saturated rings. The van der Waals surface area contributed by atoms with E-state index in [-0.39, 0.29) is 5.57 Å². The lowest BCUT2D eigenvalue weighted by Crippen LogP contribution is -2.41. The Kier molecular flexibility index (Phi) is 4.94. The number of cyclic esters (lactones) is 2. The Morgan fingerprint density at radius 3 is 2.15 bits per heavy atom. The molecule has 0 saturated carbocycles. The van der Waals surface area contributed by atoms with Crippen molar-refractivity contribution in [3.8, 4) is 11.5 Å². The van der Waals surface area contributed by atoms with Crippen LogP contribution in [0.5, 0.6) is 11.5 Å². The second kappa shape index (κ2) is 7.02. The van der Waals surface area contributed by atoms with E-state index in [9.17, 15) is 9.59 Å². The Balaban J connectivity index is 1.77. The first kappa shape index (κ1) is 18.3. The van der Waals surface area contributed by atoms with Crippen molar-refractivity contribution in [1.29, 1.82) is 0 Å². The highest BCUT2D eigenvalue weighted by Crippen LogP contribution is 2.32. The minimum Gasteiger partial charge on any atom is -0.456 e. The maximum absolute atomic E-state index is 12.0. The van der Waals surface area contributed by atoms with E-state index in [1.165, 1.54) is 19.9 Å². The van der Waals surface area contributed by atoms with Gasteiger partial charge in [-0.05, 0) is 42.0 Å². The zero-order valence-electron chi connectivity index (χ0n) is 13.9. The summed E-state index contributed by atoms with van der Waals surface area (Å²) < 4.78 is 15.8. The Bertz CT molecular complexity index is 879. The van der Waals surface area contributed by atoms with Crippen LogP contribution < -0.4 is 4.74 Å². The summed E-state index contributed by atoms with van der Waals surface area (Å²) in [4.78, 5) is 23.9. The highest BCUT2D eigenvalue weighted by molar-refractivity contribution is 6.35. The lowest BCUT2D eigenvalue weighted by Gasteiger charge is -2.29. The fourth-order valence-electron chi connectivity index (χ4n) is 2.26. The van der Waals surface area contributed by atoms with E-state index >= 15 is 0 Å². The van der Waals surface area contributed by atoms with Gasteiger partial charge in [0.05, 0.1) is 5.02 Å². The van der Waals surface area contributed by atoms with E-state index in [4.69, 9.17) is 37.4 Å². The molecule has 134 valence electrons. The molecular formula is C19H14Cl2O5. The summed E-state index contributed by atoms with van der Waals surface area (Å²) in [5, 5.41) is 0.901. The maximum Gasteiger partial charge on any atom is 0.348 e. The number of halogens is 2. The maximum atomic E-state index is 12.0. The Morgan fingerprint density at radius 1 is 0.962 bits per heavy atom. The van der Waals surface area contributed by atoms with Crippen molar-refractivity contribution in [3.63, 3.8) is 0 Å². The zero-order chi connectivity index (χ0) is 18.9. The molecule has 0 radical (unpaired) electrons. The molecule has 7 heteroatoms. The Hall–Kier alpha value is -2.50. The SMILES string of the molecule is CC1(C)OC(=O)C(=Cc2ccc(Oc3ccc(Cl)cc3Cl)cc2)C(=O)O1. The van der Waals surface area contributed by atoms with Crippen LogP contribution in [0, 0.1) is 0 Å². The van der Waals surface area contributed by atoms with Crippen molar-refractivity contribution in [2.24, 2.45) is 0 Å². The van der Waals surface area contributed by atoms with E-state index < -0.39 is 17.7 Å². The number of benzene rings is 2. The Morgan fingerprint density at radius 2 is 1.58 bits per heavy atom. The van der Waals surface area contributed by atoms with Crippen LogP contribution in [0.4, 0.5) is 0 Å². The van der Waals surface area contributed by atoms with Gasteiger partial charge in [-0.15, -0.1) is 0 Å². The van der Waals surface area contributed by atoms with Crippen molar-refractivity contribution >= 4 is 41.2 Å². The summed E-state index contributed by atoms with van der Waals surface area (Å²) >= 11 is 11.9. The second-order valence-corrected chi connectivity index (χ2v) is 6.83. The molecule has 5 nitrogen and oxygen atoms in total. The van der Waals surface area contributed by atoms with Crippen molar-refractivity contribution in [2.75, 3.05) is 0 Å². The lowest BCUT2D eigenvalue weighted by molar-refractivity contribution is -0.222. The minimum absolute atomic E-state index is 0.168. The number of hydrogen-bond acceptors (Lipinski definition) is 5. The van der Waals surface area contributed by atoms with E-state index in [2.05, 4.69) is 0 Å². The first-order valence-electron chi connectivity index (χ1n) is 7.65. The highest BCUT2D eigenvalue weighted by Gasteiger charge is 2.38. The fraction of sp³-hybridized carbons (Fsp3) is 0.158. The third kappa shape index (κ3) is 4.18. The molecule has 0 N–H and O–H groups in total. The number of ether oxygens (including phenoxy) is 3. The molecule has 0 aliphatic carbocycles. The molecule has 0 atom stereocenters. The number of carbonyl (C=O) groups excluding carboxylic acids is 2. The molecule has 0 spiro atoms. The van der Waals surface area contributed by atoms with Crippen LogP contribution >= 0.6 is 23.2 Å².